The molecule has 0 saturated heterocycles. The van der Waals surface area contributed by atoms with E-state index in [9.17, 15) is 4.79 Å². The molecule has 1 amide bonds. The number of carbonyl (C=O) groups is 1. The van der Waals surface area contributed by atoms with Crippen LogP contribution in [0.2, 0.25) is 0 Å². The number of nitrogens with one attached hydrogen (secondary N) is 1. The van der Waals surface area contributed by atoms with Crippen LogP contribution in [0.25, 0.3) is 0 Å². The van der Waals surface area contributed by atoms with Gasteiger partial charge in [-0.25, -0.2) is 5.43 Å². The molecular weight excluding hydrogens is 364 g/mol. The second-order valence-corrected chi connectivity index (χ2v) is 6.70. The Labute approximate surface area is 171 Å². The monoisotopic (exact) mass is 388 g/mol. The fourth-order valence-corrected chi connectivity index (χ4v) is 2.74. The first-order valence-corrected chi connectivity index (χ1v) is 9.39. The van der Waals surface area contributed by atoms with Gasteiger partial charge in [-0.3, -0.25) is 4.79 Å². The first kappa shape index (κ1) is 20.1. The lowest BCUT2D eigenvalue weighted by Crippen LogP contribution is -2.24. The van der Waals surface area contributed by atoms with E-state index in [0.717, 1.165) is 28.0 Å². The Morgan fingerprint density at radius 2 is 1.79 bits per heavy atom. The molecule has 0 aromatic heterocycles. The largest absolute Gasteiger partial charge is 0.489 e. The average molecular weight is 388 g/mol. The van der Waals surface area contributed by atoms with Gasteiger partial charge in [0.05, 0.1) is 6.21 Å². The van der Waals surface area contributed by atoms with Gasteiger partial charge in [-0.1, -0.05) is 60.2 Å². The maximum atomic E-state index is 11.9. The van der Waals surface area contributed by atoms with Crippen molar-refractivity contribution in [3.05, 3.63) is 95.1 Å². The standard InChI is InChI=1S/C24H24N2O3/c1-18-11-12-23(19(2)13-18)29-17-24(27)26-25-15-21-9-6-10-22(14-21)28-16-20-7-4-3-5-8-20/h3-15H,16-17H2,1-2H3,(H,26,27). The van der Waals surface area contributed by atoms with Gasteiger partial charge in [0.15, 0.2) is 6.61 Å². The lowest BCUT2D eigenvalue weighted by atomic mass is 10.1. The average Bonchev–Trinajstić information content (AvgIpc) is 2.73. The van der Waals surface area contributed by atoms with Crippen LogP contribution in [0.3, 0.4) is 0 Å². The van der Waals surface area contributed by atoms with Crippen molar-refractivity contribution in [3.8, 4) is 11.5 Å². The summed E-state index contributed by atoms with van der Waals surface area (Å²) in [7, 11) is 0. The maximum absolute atomic E-state index is 11.9. The quantitative estimate of drug-likeness (QED) is 0.459. The molecule has 3 rings (SSSR count). The Kier molecular flexibility index (Phi) is 7.00. The number of hydrazone groups is 1. The van der Waals surface area contributed by atoms with Crippen molar-refractivity contribution in [1.82, 2.24) is 5.43 Å². The molecule has 0 unspecified atom stereocenters. The van der Waals surface area contributed by atoms with Crippen LogP contribution in [0.15, 0.2) is 77.9 Å². The summed E-state index contributed by atoms with van der Waals surface area (Å²) in [6.07, 6.45) is 1.57. The zero-order valence-corrected chi connectivity index (χ0v) is 16.6. The molecule has 3 aromatic carbocycles. The van der Waals surface area contributed by atoms with Crippen LogP contribution < -0.4 is 14.9 Å². The van der Waals surface area contributed by atoms with Crippen LogP contribution >= 0.6 is 0 Å². The summed E-state index contributed by atoms with van der Waals surface area (Å²) in [4.78, 5) is 11.9. The molecule has 0 aliphatic rings. The van der Waals surface area contributed by atoms with Crippen molar-refractivity contribution < 1.29 is 14.3 Å². The lowest BCUT2D eigenvalue weighted by Gasteiger charge is -2.08. The smallest absolute Gasteiger partial charge is 0.277 e. The normalized spacial score (nSPS) is 10.7. The van der Waals surface area contributed by atoms with Gasteiger partial charge in [0.25, 0.3) is 5.91 Å². The summed E-state index contributed by atoms with van der Waals surface area (Å²) < 4.78 is 11.3. The van der Waals surface area contributed by atoms with Crippen molar-refractivity contribution in [3.63, 3.8) is 0 Å². The number of carbonyl (C=O) groups excluding carboxylic acids is 1. The SMILES string of the molecule is Cc1ccc(OCC(=O)NN=Cc2cccc(OCc3ccccc3)c2)c(C)c1. The highest BCUT2D eigenvalue weighted by Gasteiger charge is 2.04. The molecule has 1 N–H and O–H groups in total. The van der Waals surface area contributed by atoms with Gasteiger partial charge in [0.2, 0.25) is 0 Å². The van der Waals surface area contributed by atoms with E-state index in [0.29, 0.717) is 12.4 Å². The van der Waals surface area contributed by atoms with E-state index in [-0.39, 0.29) is 12.5 Å². The number of aryl methyl sites for hydroxylation is 2. The van der Waals surface area contributed by atoms with Crippen molar-refractivity contribution >= 4 is 12.1 Å². The molecule has 5 nitrogen and oxygen atoms in total. The second-order valence-electron chi connectivity index (χ2n) is 6.70. The third-order valence-electron chi connectivity index (χ3n) is 4.20. The van der Waals surface area contributed by atoms with Crippen LogP contribution in [0, 0.1) is 13.8 Å². The Bertz CT molecular complexity index is 984. The van der Waals surface area contributed by atoms with Gasteiger partial charge in [-0.2, -0.15) is 5.10 Å². The number of benzene rings is 3. The lowest BCUT2D eigenvalue weighted by molar-refractivity contribution is -0.123. The van der Waals surface area contributed by atoms with Crippen LogP contribution in [-0.2, 0) is 11.4 Å². The number of hydrogen-bond acceptors (Lipinski definition) is 4. The van der Waals surface area contributed by atoms with E-state index in [1.54, 1.807) is 6.21 Å². The van der Waals surface area contributed by atoms with Gasteiger partial charge in [-0.15, -0.1) is 0 Å². The molecule has 0 bridgehead atoms. The molecule has 0 atom stereocenters. The zero-order valence-electron chi connectivity index (χ0n) is 16.6. The summed E-state index contributed by atoms with van der Waals surface area (Å²) >= 11 is 0. The summed E-state index contributed by atoms with van der Waals surface area (Å²) in [5, 5.41) is 3.99. The molecule has 0 saturated carbocycles. The number of nitrogens with zero attached hydrogens (tertiary/aromatic N) is 1. The molecule has 0 radical (unpaired) electrons. The molecule has 0 aliphatic carbocycles. The fraction of sp³-hybridized carbons (Fsp3) is 0.167. The molecule has 148 valence electrons. The molecule has 0 aliphatic heterocycles. The maximum Gasteiger partial charge on any atom is 0.277 e. The third kappa shape index (κ3) is 6.50. The van der Waals surface area contributed by atoms with Crippen molar-refractivity contribution in [2.45, 2.75) is 20.5 Å². The van der Waals surface area contributed by atoms with Gasteiger partial charge in [0, 0.05) is 0 Å². The topological polar surface area (TPSA) is 59.9 Å². The van der Waals surface area contributed by atoms with E-state index in [2.05, 4.69) is 10.5 Å². The first-order valence-electron chi connectivity index (χ1n) is 9.39. The minimum atomic E-state index is -0.322. The molecule has 0 fully saturated rings. The van der Waals surface area contributed by atoms with E-state index in [1.165, 1.54) is 0 Å². The van der Waals surface area contributed by atoms with E-state index < -0.39 is 0 Å². The van der Waals surface area contributed by atoms with E-state index in [1.807, 2.05) is 86.6 Å². The number of hydrogen-bond donors (Lipinski definition) is 1. The Morgan fingerprint density at radius 3 is 2.59 bits per heavy atom. The third-order valence-corrected chi connectivity index (χ3v) is 4.20. The van der Waals surface area contributed by atoms with Crippen molar-refractivity contribution in [1.29, 1.82) is 0 Å². The number of rotatable bonds is 8. The van der Waals surface area contributed by atoms with Gasteiger partial charge < -0.3 is 9.47 Å². The molecule has 3 aromatic rings. The molecule has 29 heavy (non-hydrogen) atoms. The predicted octanol–water partition coefficient (Wildman–Crippen LogP) is 4.41. The highest BCUT2D eigenvalue weighted by atomic mass is 16.5. The van der Waals surface area contributed by atoms with Gasteiger partial charge in [0.1, 0.15) is 18.1 Å². The molecule has 5 heteroatoms. The Balaban J connectivity index is 1.47. The van der Waals surface area contributed by atoms with Crippen LogP contribution in [0.4, 0.5) is 0 Å². The Morgan fingerprint density at radius 1 is 0.966 bits per heavy atom. The van der Waals surface area contributed by atoms with E-state index in [4.69, 9.17) is 9.47 Å². The van der Waals surface area contributed by atoms with Crippen molar-refractivity contribution in [2.24, 2.45) is 5.10 Å². The fourth-order valence-electron chi connectivity index (χ4n) is 2.74. The number of amides is 1. The van der Waals surface area contributed by atoms with Gasteiger partial charge in [-0.05, 0) is 48.7 Å². The number of ether oxygens (including phenoxy) is 2. The highest BCUT2D eigenvalue weighted by molar-refractivity contribution is 5.83. The Hall–Kier alpha value is -3.60. The van der Waals surface area contributed by atoms with Crippen LogP contribution in [0.5, 0.6) is 11.5 Å². The van der Waals surface area contributed by atoms with Crippen LogP contribution in [-0.4, -0.2) is 18.7 Å². The summed E-state index contributed by atoms with van der Waals surface area (Å²) in [6.45, 7) is 4.36. The highest BCUT2D eigenvalue weighted by Crippen LogP contribution is 2.18. The van der Waals surface area contributed by atoms with E-state index >= 15 is 0 Å². The van der Waals surface area contributed by atoms with Crippen molar-refractivity contribution in [2.75, 3.05) is 6.61 Å². The van der Waals surface area contributed by atoms with Crippen LogP contribution in [0.1, 0.15) is 22.3 Å². The zero-order chi connectivity index (χ0) is 20.5. The minimum Gasteiger partial charge on any atom is -0.489 e. The molecular formula is C24H24N2O3. The summed E-state index contributed by atoms with van der Waals surface area (Å²) in [5.74, 6) is 1.11. The second kappa shape index (κ2) is 10.1. The van der Waals surface area contributed by atoms with Gasteiger partial charge >= 0.3 is 0 Å². The summed E-state index contributed by atoms with van der Waals surface area (Å²) in [6, 6.07) is 23.3. The molecule has 0 spiro atoms. The first-order chi connectivity index (χ1) is 14.1. The summed E-state index contributed by atoms with van der Waals surface area (Å²) in [5.41, 5.74) is 6.54. The predicted molar refractivity (Wildman–Crippen MR) is 114 cm³/mol. The minimum absolute atomic E-state index is 0.0958. The molecule has 0 heterocycles.